The molecule has 0 atom stereocenters. The lowest BCUT2D eigenvalue weighted by molar-refractivity contribution is -0.110. The lowest BCUT2D eigenvalue weighted by Crippen LogP contribution is -2.47. The van der Waals surface area contributed by atoms with E-state index in [-0.39, 0.29) is 28.2 Å². The number of likely N-dealkylation sites (N-methyl/N-ethyl adjacent to an activating group) is 1. The zero-order chi connectivity index (χ0) is 29.2. The second-order valence-corrected chi connectivity index (χ2v) is 11.1. The predicted octanol–water partition coefficient (Wildman–Crippen LogP) is 2.54. The first-order chi connectivity index (χ1) is 18.9. The molecule has 3 aromatic rings. The summed E-state index contributed by atoms with van der Waals surface area (Å²) in [4.78, 5) is 43.0. The second-order valence-electron chi connectivity index (χ2n) is 9.68. The SMILES string of the molecule is Cc1[nH]c(C=C2C(=O)Nc3ccc(S(=O)(=O)O)cc32)c(C)c1C(=O)N1CCN(C)CC1.NC(=O)c1ccccc1. The number of aromatic nitrogens is 1. The summed E-state index contributed by atoms with van der Waals surface area (Å²) in [6, 6.07) is 12.7. The first-order valence-electron chi connectivity index (χ1n) is 12.5. The Morgan fingerprint density at radius 3 is 2.25 bits per heavy atom. The van der Waals surface area contributed by atoms with Crippen LogP contribution in [0.15, 0.2) is 53.4 Å². The highest BCUT2D eigenvalue weighted by Gasteiger charge is 2.29. The quantitative estimate of drug-likeness (QED) is 0.279. The Balaban J connectivity index is 0.000000350. The van der Waals surface area contributed by atoms with Crippen LogP contribution in [0.2, 0.25) is 0 Å². The van der Waals surface area contributed by atoms with E-state index < -0.39 is 10.1 Å². The van der Waals surface area contributed by atoms with Gasteiger partial charge in [0.15, 0.2) is 0 Å². The average Bonchev–Trinajstić information content (AvgIpc) is 3.38. The molecule has 2 aromatic carbocycles. The van der Waals surface area contributed by atoms with Crippen molar-refractivity contribution in [2.45, 2.75) is 18.7 Å². The van der Waals surface area contributed by atoms with Crippen LogP contribution in [-0.4, -0.2) is 78.7 Å². The van der Waals surface area contributed by atoms with Crippen LogP contribution in [0, 0.1) is 13.8 Å². The van der Waals surface area contributed by atoms with Crippen molar-refractivity contribution in [3.63, 3.8) is 0 Å². The maximum Gasteiger partial charge on any atom is 0.294 e. The highest BCUT2D eigenvalue weighted by molar-refractivity contribution is 7.85. The van der Waals surface area contributed by atoms with E-state index in [0.717, 1.165) is 18.7 Å². The van der Waals surface area contributed by atoms with E-state index in [1.807, 2.05) is 31.9 Å². The van der Waals surface area contributed by atoms with Gasteiger partial charge in [-0.1, -0.05) is 18.2 Å². The average molecular weight is 566 g/mol. The van der Waals surface area contributed by atoms with Crippen LogP contribution < -0.4 is 11.1 Å². The van der Waals surface area contributed by atoms with Crippen molar-refractivity contribution >= 4 is 45.2 Å². The Labute approximate surface area is 232 Å². The number of aromatic amines is 1. The summed E-state index contributed by atoms with van der Waals surface area (Å²) in [6.45, 7) is 6.59. The van der Waals surface area contributed by atoms with E-state index in [0.29, 0.717) is 46.9 Å². The first-order valence-corrected chi connectivity index (χ1v) is 14.0. The second kappa shape index (κ2) is 11.5. The Bertz CT molecular complexity index is 1600. The van der Waals surface area contributed by atoms with Gasteiger partial charge in [0.2, 0.25) is 5.91 Å². The monoisotopic (exact) mass is 565 g/mol. The number of carbonyl (C=O) groups excluding carboxylic acids is 3. The zero-order valence-electron chi connectivity index (χ0n) is 22.4. The smallest absolute Gasteiger partial charge is 0.294 e. The molecule has 1 saturated heterocycles. The van der Waals surface area contributed by atoms with E-state index in [1.165, 1.54) is 18.2 Å². The van der Waals surface area contributed by atoms with E-state index >= 15 is 0 Å². The predicted molar refractivity (Wildman–Crippen MR) is 151 cm³/mol. The standard InChI is InChI=1S/C21H24N4O5S.C7H7NO/c1-12-18(22-13(2)19(12)21(27)25-8-6-24(3)7-9-25)11-16-15-10-14(31(28,29)30)4-5-17(15)23-20(16)26;8-7(9)6-4-2-1-3-5-6/h4-5,10-11,22H,6-9H2,1-3H3,(H,23,26)(H,28,29,30);1-5H,(H2,8,9). The lowest BCUT2D eigenvalue weighted by Gasteiger charge is -2.32. The van der Waals surface area contributed by atoms with Gasteiger partial charge in [0.25, 0.3) is 21.9 Å². The number of hydrogen-bond donors (Lipinski definition) is 4. The van der Waals surface area contributed by atoms with Crippen LogP contribution in [0.25, 0.3) is 11.6 Å². The molecule has 40 heavy (non-hydrogen) atoms. The summed E-state index contributed by atoms with van der Waals surface area (Å²) in [6.07, 6.45) is 1.61. The molecule has 3 heterocycles. The number of piperazine rings is 1. The fourth-order valence-corrected chi connectivity index (χ4v) is 5.13. The van der Waals surface area contributed by atoms with Crippen molar-refractivity contribution in [2.24, 2.45) is 5.73 Å². The van der Waals surface area contributed by atoms with Crippen molar-refractivity contribution in [3.05, 3.63) is 82.2 Å². The number of hydrogen-bond acceptors (Lipinski definition) is 6. The van der Waals surface area contributed by atoms with Crippen LogP contribution in [0.4, 0.5) is 5.69 Å². The fourth-order valence-electron chi connectivity index (χ4n) is 4.62. The molecule has 11 nitrogen and oxygen atoms in total. The summed E-state index contributed by atoms with van der Waals surface area (Å²) < 4.78 is 32.4. The number of carbonyl (C=O) groups is 3. The molecule has 0 radical (unpaired) electrons. The van der Waals surface area contributed by atoms with Crippen molar-refractivity contribution < 1.29 is 27.4 Å². The minimum absolute atomic E-state index is 0.0473. The molecule has 5 N–H and O–H groups in total. The summed E-state index contributed by atoms with van der Waals surface area (Å²) >= 11 is 0. The third kappa shape index (κ3) is 6.14. The van der Waals surface area contributed by atoms with Gasteiger partial charge in [-0.05, 0) is 62.9 Å². The topological polar surface area (TPSA) is 166 Å². The van der Waals surface area contributed by atoms with Gasteiger partial charge < -0.3 is 25.8 Å². The number of aryl methyl sites for hydroxylation is 1. The first kappa shape index (κ1) is 28.7. The molecule has 2 aliphatic heterocycles. The number of rotatable bonds is 4. The molecule has 0 aliphatic carbocycles. The largest absolute Gasteiger partial charge is 0.366 e. The number of anilines is 1. The van der Waals surface area contributed by atoms with Crippen LogP contribution in [-0.2, 0) is 14.9 Å². The van der Waals surface area contributed by atoms with Gasteiger partial charge in [-0.15, -0.1) is 0 Å². The molecule has 0 bridgehead atoms. The van der Waals surface area contributed by atoms with Gasteiger partial charge in [-0.25, -0.2) is 0 Å². The van der Waals surface area contributed by atoms with Gasteiger partial charge in [-0.3, -0.25) is 18.9 Å². The Kier molecular flexibility index (Phi) is 8.24. The lowest BCUT2D eigenvalue weighted by atomic mass is 10.0. The highest BCUT2D eigenvalue weighted by atomic mass is 32.2. The molecule has 1 aromatic heterocycles. The number of amides is 3. The molecule has 5 rings (SSSR count). The molecule has 210 valence electrons. The summed E-state index contributed by atoms with van der Waals surface area (Å²) in [7, 11) is -2.38. The third-order valence-corrected chi connectivity index (χ3v) is 7.75. The number of H-pyrrole nitrogens is 1. The van der Waals surface area contributed by atoms with Crippen LogP contribution in [0.1, 0.15) is 43.2 Å². The number of primary amides is 1. The summed E-state index contributed by atoms with van der Waals surface area (Å²) in [5.41, 5.74) is 9.23. The van der Waals surface area contributed by atoms with Crippen molar-refractivity contribution in [1.29, 1.82) is 0 Å². The number of benzene rings is 2. The number of fused-ring (bicyclic) bond motifs is 1. The van der Waals surface area contributed by atoms with Gasteiger partial charge in [0, 0.05) is 54.4 Å². The zero-order valence-corrected chi connectivity index (χ0v) is 23.2. The van der Waals surface area contributed by atoms with E-state index in [9.17, 15) is 27.4 Å². The maximum absolute atomic E-state index is 13.1. The van der Waals surface area contributed by atoms with Crippen LogP contribution >= 0.6 is 0 Å². The minimum Gasteiger partial charge on any atom is -0.366 e. The molecule has 3 amide bonds. The van der Waals surface area contributed by atoms with E-state index in [4.69, 9.17) is 5.73 Å². The van der Waals surface area contributed by atoms with E-state index in [1.54, 1.807) is 30.3 Å². The fraction of sp³-hybridized carbons (Fsp3) is 0.250. The normalized spacial score (nSPS) is 16.2. The molecule has 0 saturated carbocycles. The summed E-state index contributed by atoms with van der Waals surface area (Å²) in [5, 5.41) is 2.69. The molecular weight excluding hydrogens is 534 g/mol. The number of nitrogens with zero attached hydrogens (tertiary/aromatic N) is 2. The summed E-state index contributed by atoms with van der Waals surface area (Å²) in [5.74, 6) is -0.814. The van der Waals surface area contributed by atoms with Gasteiger partial charge in [0.1, 0.15) is 0 Å². The Morgan fingerprint density at radius 1 is 1.02 bits per heavy atom. The minimum atomic E-state index is -4.40. The maximum atomic E-state index is 13.1. The Hall–Kier alpha value is -4.26. The van der Waals surface area contributed by atoms with Crippen LogP contribution in [0.5, 0.6) is 0 Å². The number of nitrogens with one attached hydrogen (secondary N) is 2. The van der Waals surface area contributed by atoms with Gasteiger partial charge >= 0.3 is 0 Å². The van der Waals surface area contributed by atoms with Crippen LogP contribution in [0.3, 0.4) is 0 Å². The number of nitrogens with two attached hydrogens (primary N) is 1. The molecular formula is C28H31N5O6S. The molecule has 2 aliphatic rings. The third-order valence-electron chi connectivity index (χ3n) is 6.90. The van der Waals surface area contributed by atoms with Crippen molar-refractivity contribution in [2.75, 3.05) is 38.5 Å². The highest BCUT2D eigenvalue weighted by Crippen LogP contribution is 2.35. The molecule has 12 heteroatoms. The van der Waals surface area contributed by atoms with Gasteiger partial charge in [0.05, 0.1) is 16.0 Å². The van der Waals surface area contributed by atoms with Gasteiger partial charge in [-0.2, -0.15) is 8.42 Å². The van der Waals surface area contributed by atoms with Crippen molar-refractivity contribution in [3.8, 4) is 0 Å². The Morgan fingerprint density at radius 2 is 1.68 bits per heavy atom. The molecule has 0 unspecified atom stereocenters. The molecule has 0 spiro atoms. The van der Waals surface area contributed by atoms with Crippen molar-refractivity contribution in [1.82, 2.24) is 14.8 Å². The molecule has 1 fully saturated rings. The van der Waals surface area contributed by atoms with E-state index in [2.05, 4.69) is 15.2 Å².